The van der Waals surface area contributed by atoms with Crippen LogP contribution in [0.3, 0.4) is 0 Å². The number of hydrogen-bond acceptors (Lipinski definition) is 2. The van der Waals surface area contributed by atoms with E-state index in [0.29, 0.717) is 5.75 Å². The van der Waals surface area contributed by atoms with Crippen LogP contribution >= 0.6 is 24.8 Å². The zero-order valence-corrected chi connectivity index (χ0v) is 14.2. The molecule has 2 nitrogen and oxygen atoms in total. The molecule has 0 bridgehead atoms. The topological polar surface area (TPSA) is 40.5 Å². The predicted octanol–water partition coefficient (Wildman–Crippen LogP) is 5.41. The van der Waals surface area contributed by atoms with E-state index in [9.17, 15) is 10.2 Å². The van der Waals surface area contributed by atoms with Gasteiger partial charge in [-0.15, -0.1) is 24.8 Å². The van der Waals surface area contributed by atoms with Crippen LogP contribution in [0.4, 0.5) is 0 Å². The Labute approximate surface area is 135 Å². The Morgan fingerprint density at radius 3 is 1.90 bits per heavy atom. The summed E-state index contributed by atoms with van der Waals surface area (Å²) in [5, 5.41) is 20.0. The van der Waals surface area contributed by atoms with Crippen LogP contribution in [0.1, 0.15) is 63.5 Å². The van der Waals surface area contributed by atoms with Crippen LogP contribution in [0.15, 0.2) is 12.1 Å². The molecule has 0 aliphatic carbocycles. The highest BCUT2D eigenvalue weighted by Crippen LogP contribution is 2.32. The molecule has 0 spiro atoms. The minimum atomic E-state index is 0. The normalized spacial score (nSPS) is 9.70. The number of aromatic hydroxyl groups is 2. The second-order valence-corrected chi connectivity index (χ2v) is 4.99. The lowest BCUT2D eigenvalue weighted by Gasteiger charge is -2.11. The van der Waals surface area contributed by atoms with Crippen molar-refractivity contribution in [1.82, 2.24) is 0 Å². The lowest BCUT2D eigenvalue weighted by Crippen LogP contribution is -1.93. The molecule has 0 atom stereocenters. The Bertz CT molecular complexity index is 368. The van der Waals surface area contributed by atoms with E-state index in [-0.39, 0.29) is 30.6 Å². The first-order chi connectivity index (χ1) is 8.70. The first-order valence-electron chi connectivity index (χ1n) is 7.23. The molecule has 0 aliphatic heterocycles. The summed E-state index contributed by atoms with van der Waals surface area (Å²) in [6.45, 7) is 4.33. The number of unbranched alkanes of at least 4 members (excludes halogenated alkanes) is 4. The maximum absolute atomic E-state index is 10.2. The van der Waals surface area contributed by atoms with Crippen LogP contribution in [0.25, 0.3) is 0 Å². The molecule has 1 aromatic carbocycles. The van der Waals surface area contributed by atoms with Crippen molar-refractivity contribution in [3.05, 3.63) is 23.3 Å². The molecular weight excluding hydrogens is 295 g/mol. The van der Waals surface area contributed by atoms with Gasteiger partial charge in [-0.3, -0.25) is 0 Å². The van der Waals surface area contributed by atoms with Crippen molar-refractivity contribution in [2.75, 3.05) is 0 Å². The first-order valence-corrected chi connectivity index (χ1v) is 7.23. The van der Waals surface area contributed by atoms with E-state index in [2.05, 4.69) is 13.8 Å². The van der Waals surface area contributed by atoms with Gasteiger partial charge in [0, 0.05) is 5.56 Å². The van der Waals surface area contributed by atoms with E-state index in [0.717, 1.165) is 49.7 Å². The second-order valence-electron chi connectivity index (χ2n) is 4.99. The smallest absolute Gasteiger partial charge is 0.125 e. The molecule has 20 heavy (non-hydrogen) atoms. The number of rotatable bonds is 8. The number of halogens is 2. The lowest BCUT2D eigenvalue weighted by atomic mass is 9.98. The van der Waals surface area contributed by atoms with Crippen LogP contribution in [0.5, 0.6) is 11.5 Å². The first kappa shape index (κ1) is 21.7. The van der Waals surface area contributed by atoms with E-state index in [1.54, 1.807) is 6.07 Å². The van der Waals surface area contributed by atoms with Crippen molar-refractivity contribution in [2.45, 2.75) is 65.2 Å². The van der Waals surface area contributed by atoms with Gasteiger partial charge in [0.1, 0.15) is 11.5 Å². The van der Waals surface area contributed by atoms with E-state index < -0.39 is 0 Å². The Hall–Kier alpha value is -0.600. The number of phenols is 2. The highest BCUT2D eigenvalue weighted by Gasteiger charge is 2.11. The lowest BCUT2D eigenvalue weighted by molar-refractivity contribution is 0.431. The summed E-state index contributed by atoms with van der Waals surface area (Å²) >= 11 is 0. The summed E-state index contributed by atoms with van der Waals surface area (Å²) in [5.74, 6) is 0.560. The highest BCUT2D eigenvalue weighted by atomic mass is 35.5. The largest absolute Gasteiger partial charge is 0.508 e. The summed E-state index contributed by atoms with van der Waals surface area (Å²) in [4.78, 5) is 0. The molecule has 0 amide bonds. The van der Waals surface area contributed by atoms with Crippen LogP contribution in [-0.2, 0) is 12.8 Å². The number of hydrogen-bond donors (Lipinski definition) is 2. The van der Waals surface area contributed by atoms with E-state index >= 15 is 0 Å². The van der Waals surface area contributed by atoms with Gasteiger partial charge >= 0.3 is 0 Å². The second kappa shape index (κ2) is 12.2. The Balaban J connectivity index is 0. The van der Waals surface area contributed by atoms with Gasteiger partial charge < -0.3 is 10.2 Å². The molecule has 0 aromatic heterocycles. The van der Waals surface area contributed by atoms with Crippen molar-refractivity contribution in [2.24, 2.45) is 0 Å². The van der Waals surface area contributed by atoms with Gasteiger partial charge in [-0.05, 0) is 37.3 Å². The van der Waals surface area contributed by atoms with Gasteiger partial charge in [0.15, 0.2) is 0 Å². The molecule has 118 valence electrons. The van der Waals surface area contributed by atoms with Crippen molar-refractivity contribution in [3.63, 3.8) is 0 Å². The summed E-state index contributed by atoms with van der Waals surface area (Å²) in [7, 11) is 0. The Morgan fingerprint density at radius 1 is 0.800 bits per heavy atom. The fourth-order valence-corrected chi connectivity index (χ4v) is 2.24. The Kier molecular flexibility index (Phi) is 13.2. The van der Waals surface area contributed by atoms with Crippen LogP contribution in [-0.4, -0.2) is 10.2 Å². The van der Waals surface area contributed by atoms with Crippen LogP contribution < -0.4 is 0 Å². The van der Waals surface area contributed by atoms with Crippen molar-refractivity contribution >= 4 is 24.8 Å². The standard InChI is InChI=1S/C16H26O2.2ClH/c1-3-5-7-9-13-11-12-15(17)14(16(13)18)10-8-6-4-2;;/h11-12,17-18H,3-10H2,1-2H3;2*1H. The molecule has 4 heteroatoms. The fraction of sp³-hybridized carbons (Fsp3) is 0.625. The van der Waals surface area contributed by atoms with E-state index in [1.165, 1.54) is 12.8 Å². The summed E-state index contributed by atoms with van der Waals surface area (Å²) in [5.41, 5.74) is 1.71. The molecular formula is C16H28Cl2O2. The maximum atomic E-state index is 10.2. The molecule has 1 rings (SSSR count). The average molecular weight is 323 g/mol. The van der Waals surface area contributed by atoms with E-state index in [4.69, 9.17) is 0 Å². The van der Waals surface area contributed by atoms with Gasteiger partial charge in [-0.1, -0.05) is 45.6 Å². The number of aryl methyl sites for hydroxylation is 1. The van der Waals surface area contributed by atoms with Crippen molar-refractivity contribution in [3.8, 4) is 11.5 Å². The zero-order chi connectivity index (χ0) is 13.4. The van der Waals surface area contributed by atoms with Gasteiger partial charge in [0.05, 0.1) is 0 Å². The van der Waals surface area contributed by atoms with Crippen molar-refractivity contribution in [1.29, 1.82) is 0 Å². The van der Waals surface area contributed by atoms with Gasteiger partial charge in [-0.25, -0.2) is 0 Å². The molecule has 1 aromatic rings. The average Bonchev–Trinajstić information content (AvgIpc) is 2.36. The predicted molar refractivity (Wildman–Crippen MR) is 90.7 cm³/mol. The molecule has 0 radical (unpaired) electrons. The molecule has 0 unspecified atom stereocenters. The molecule has 2 N–H and O–H groups in total. The van der Waals surface area contributed by atoms with E-state index in [1.807, 2.05) is 6.07 Å². The van der Waals surface area contributed by atoms with Gasteiger partial charge in [0.25, 0.3) is 0 Å². The Morgan fingerprint density at radius 2 is 1.35 bits per heavy atom. The third kappa shape index (κ3) is 6.71. The molecule has 0 fully saturated rings. The summed E-state index contributed by atoms with van der Waals surface area (Å²) < 4.78 is 0. The zero-order valence-electron chi connectivity index (χ0n) is 12.5. The summed E-state index contributed by atoms with van der Waals surface area (Å²) in [6.07, 6.45) is 8.46. The fourth-order valence-electron chi connectivity index (χ4n) is 2.24. The molecule has 0 aliphatic rings. The monoisotopic (exact) mass is 322 g/mol. The van der Waals surface area contributed by atoms with Gasteiger partial charge in [-0.2, -0.15) is 0 Å². The van der Waals surface area contributed by atoms with Crippen LogP contribution in [0, 0.1) is 0 Å². The highest BCUT2D eigenvalue weighted by molar-refractivity contribution is 5.85. The van der Waals surface area contributed by atoms with Crippen molar-refractivity contribution < 1.29 is 10.2 Å². The molecule has 0 saturated heterocycles. The summed E-state index contributed by atoms with van der Waals surface area (Å²) in [6, 6.07) is 3.58. The van der Waals surface area contributed by atoms with Gasteiger partial charge in [0.2, 0.25) is 0 Å². The number of benzene rings is 1. The minimum Gasteiger partial charge on any atom is -0.508 e. The number of phenolic OH excluding ortho intramolecular Hbond substituents is 2. The SMILES string of the molecule is CCCCCc1ccc(O)c(CCCCC)c1O.Cl.Cl. The maximum Gasteiger partial charge on any atom is 0.125 e. The molecule has 0 saturated carbocycles. The quantitative estimate of drug-likeness (QED) is 0.628. The third-order valence-electron chi connectivity index (χ3n) is 3.42. The minimum absolute atomic E-state index is 0. The third-order valence-corrected chi connectivity index (χ3v) is 3.42. The molecule has 0 heterocycles. The van der Waals surface area contributed by atoms with Crippen LogP contribution in [0.2, 0.25) is 0 Å².